The van der Waals surface area contributed by atoms with Gasteiger partial charge in [-0.15, -0.1) is 0 Å². The van der Waals surface area contributed by atoms with E-state index in [1.807, 2.05) is 13.8 Å². The molecule has 0 aromatic heterocycles. The van der Waals surface area contributed by atoms with E-state index in [0.29, 0.717) is 5.33 Å². The molecule has 0 aliphatic rings. The maximum Gasteiger partial charge on any atom is 0.255 e. The van der Waals surface area contributed by atoms with Crippen molar-refractivity contribution in [2.45, 2.75) is 19.9 Å². The third-order valence-electron chi connectivity index (χ3n) is 2.55. The quantitative estimate of drug-likeness (QED) is 0.590. The molecule has 1 amide bonds. The zero-order chi connectivity index (χ0) is 13.0. The summed E-state index contributed by atoms with van der Waals surface area (Å²) in [5.41, 5.74) is 0.0802. The largest absolute Gasteiger partial charge is 0.504 e. The molecule has 1 unspecified atom stereocenters. The maximum atomic E-state index is 11.9. The highest BCUT2D eigenvalue weighted by atomic mass is 79.9. The van der Waals surface area contributed by atoms with E-state index < -0.39 is 5.91 Å². The number of amides is 1. The number of hydrogen-bond acceptors (Lipinski definition) is 3. The Hall–Kier alpha value is -1.23. The smallest absolute Gasteiger partial charge is 0.255 e. The number of phenolic OH excluding ortho intramolecular Hbond substituents is 2. The minimum absolute atomic E-state index is 0.0238. The minimum atomic E-state index is -0.392. The molecule has 0 saturated heterocycles. The van der Waals surface area contributed by atoms with Gasteiger partial charge in [-0.1, -0.05) is 35.8 Å². The molecule has 3 N–H and O–H groups in total. The molecular formula is C12H16BrNO3. The molecule has 1 rings (SSSR count). The van der Waals surface area contributed by atoms with E-state index in [-0.39, 0.29) is 29.0 Å². The monoisotopic (exact) mass is 301 g/mol. The fourth-order valence-corrected chi connectivity index (χ4v) is 2.25. The number of para-hydroxylation sites is 1. The number of phenols is 2. The number of benzene rings is 1. The van der Waals surface area contributed by atoms with Gasteiger partial charge in [0.2, 0.25) is 0 Å². The molecule has 1 aromatic carbocycles. The fourth-order valence-electron chi connectivity index (χ4n) is 1.34. The lowest BCUT2D eigenvalue weighted by Crippen LogP contribution is -2.39. The Balaban J connectivity index is 2.86. The molecular weight excluding hydrogens is 286 g/mol. The summed E-state index contributed by atoms with van der Waals surface area (Å²) >= 11 is 3.32. The molecule has 0 radical (unpaired) electrons. The molecule has 5 heteroatoms. The van der Waals surface area contributed by atoms with Crippen molar-refractivity contribution in [3.63, 3.8) is 0 Å². The number of hydrogen-bond donors (Lipinski definition) is 3. The topological polar surface area (TPSA) is 69.6 Å². The SMILES string of the molecule is CC(C)C(CBr)NC(=O)c1cccc(O)c1O. The Kier molecular flexibility index (Phi) is 4.81. The van der Waals surface area contributed by atoms with Crippen LogP contribution < -0.4 is 5.32 Å². The summed E-state index contributed by atoms with van der Waals surface area (Å²) in [5.74, 6) is -0.797. The van der Waals surface area contributed by atoms with Gasteiger partial charge >= 0.3 is 0 Å². The molecule has 4 nitrogen and oxygen atoms in total. The third-order valence-corrected chi connectivity index (χ3v) is 3.24. The van der Waals surface area contributed by atoms with Gasteiger partial charge in [0.25, 0.3) is 5.91 Å². The summed E-state index contributed by atoms with van der Waals surface area (Å²) in [6, 6.07) is 4.29. The standard InChI is InChI=1S/C12H16BrNO3/c1-7(2)9(6-13)14-12(17)8-4-3-5-10(15)11(8)16/h3-5,7,9,15-16H,6H2,1-2H3,(H,14,17). The highest BCUT2D eigenvalue weighted by Gasteiger charge is 2.19. The van der Waals surface area contributed by atoms with Crippen LogP contribution in [0.3, 0.4) is 0 Å². The van der Waals surface area contributed by atoms with Crippen molar-refractivity contribution in [3.05, 3.63) is 23.8 Å². The normalized spacial score (nSPS) is 12.5. The number of carbonyl (C=O) groups excluding carboxylic acids is 1. The van der Waals surface area contributed by atoms with Gasteiger partial charge in [-0.3, -0.25) is 4.79 Å². The second kappa shape index (κ2) is 5.91. The molecule has 94 valence electrons. The Labute approximate surface area is 109 Å². The van der Waals surface area contributed by atoms with E-state index in [1.165, 1.54) is 18.2 Å². The lowest BCUT2D eigenvalue weighted by molar-refractivity contribution is 0.0928. The van der Waals surface area contributed by atoms with Gasteiger partial charge in [-0.25, -0.2) is 0 Å². The van der Waals surface area contributed by atoms with Gasteiger partial charge in [0, 0.05) is 11.4 Å². The third kappa shape index (κ3) is 3.36. The molecule has 0 aliphatic heterocycles. The van der Waals surface area contributed by atoms with Crippen molar-refractivity contribution in [2.75, 3.05) is 5.33 Å². The van der Waals surface area contributed by atoms with E-state index in [4.69, 9.17) is 0 Å². The number of alkyl halides is 1. The van der Waals surface area contributed by atoms with E-state index in [9.17, 15) is 15.0 Å². The molecule has 1 atom stereocenters. The zero-order valence-electron chi connectivity index (χ0n) is 9.77. The second-order valence-corrected chi connectivity index (χ2v) is 4.80. The molecule has 0 spiro atoms. The number of carbonyl (C=O) groups is 1. The van der Waals surface area contributed by atoms with Gasteiger partial charge < -0.3 is 15.5 Å². The average molecular weight is 302 g/mol. The minimum Gasteiger partial charge on any atom is -0.504 e. The maximum absolute atomic E-state index is 11.9. The van der Waals surface area contributed by atoms with E-state index in [1.54, 1.807) is 0 Å². The van der Waals surface area contributed by atoms with Crippen molar-refractivity contribution in [3.8, 4) is 11.5 Å². The number of rotatable bonds is 4. The Morgan fingerprint density at radius 2 is 2.06 bits per heavy atom. The van der Waals surface area contributed by atoms with Crippen LogP contribution in [-0.4, -0.2) is 27.5 Å². The fraction of sp³-hybridized carbons (Fsp3) is 0.417. The van der Waals surface area contributed by atoms with E-state index >= 15 is 0 Å². The summed E-state index contributed by atoms with van der Waals surface area (Å²) < 4.78 is 0. The highest BCUT2D eigenvalue weighted by Crippen LogP contribution is 2.28. The van der Waals surface area contributed by atoms with Crippen LogP contribution in [0.2, 0.25) is 0 Å². The summed E-state index contributed by atoms with van der Waals surface area (Å²) in [4.78, 5) is 11.9. The van der Waals surface area contributed by atoms with E-state index in [2.05, 4.69) is 21.2 Å². The lowest BCUT2D eigenvalue weighted by atomic mass is 10.1. The summed E-state index contributed by atoms with van der Waals surface area (Å²) in [7, 11) is 0. The van der Waals surface area contributed by atoms with Gasteiger partial charge in [0.15, 0.2) is 11.5 Å². The first-order chi connectivity index (χ1) is 7.97. The Morgan fingerprint density at radius 3 is 2.59 bits per heavy atom. The average Bonchev–Trinajstić information content (AvgIpc) is 2.28. The van der Waals surface area contributed by atoms with Crippen molar-refractivity contribution in [1.29, 1.82) is 0 Å². The van der Waals surface area contributed by atoms with Crippen LogP contribution in [0.4, 0.5) is 0 Å². The molecule has 0 heterocycles. The van der Waals surface area contributed by atoms with Gasteiger partial charge in [0.05, 0.1) is 5.56 Å². The molecule has 0 saturated carbocycles. The first kappa shape index (κ1) is 13.8. The van der Waals surface area contributed by atoms with Crippen molar-refractivity contribution >= 4 is 21.8 Å². The summed E-state index contributed by atoms with van der Waals surface area (Å²) in [5, 5.41) is 22.3. The molecule has 0 fully saturated rings. The molecule has 17 heavy (non-hydrogen) atoms. The lowest BCUT2D eigenvalue weighted by Gasteiger charge is -2.20. The van der Waals surface area contributed by atoms with Gasteiger partial charge in [0.1, 0.15) is 0 Å². The van der Waals surface area contributed by atoms with Crippen molar-refractivity contribution in [1.82, 2.24) is 5.32 Å². The van der Waals surface area contributed by atoms with Crippen molar-refractivity contribution < 1.29 is 15.0 Å². The van der Waals surface area contributed by atoms with E-state index in [0.717, 1.165) is 0 Å². The van der Waals surface area contributed by atoms with Crippen LogP contribution in [0, 0.1) is 5.92 Å². The molecule has 1 aromatic rings. The number of halogens is 1. The first-order valence-corrected chi connectivity index (χ1v) is 6.47. The van der Waals surface area contributed by atoms with Crippen LogP contribution >= 0.6 is 15.9 Å². The first-order valence-electron chi connectivity index (χ1n) is 5.35. The van der Waals surface area contributed by atoms with Crippen LogP contribution in [0.5, 0.6) is 11.5 Å². The Bertz CT molecular complexity index is 407. The van der Waals surface area contributed by atoms with Crippen LogP contribution in [0.1, 0.15) is 24.2 Å². The predicted octanol–water partition coefficient (Wildman–Crippen LogP) is 2.25. The van der Waals surface area contributed by atoms with Gasteiger partial charge in [-0.05, 0) is 18.1 Å². The highest BCUT2D eigenvalue weighted by molar-refractivity contribution is 9.09. The molecule has 0 aliphatic carbocycles. The van der Waals surface area contributed by atoms with Crippen LogP contribution in [-0.2, 0) is 0 Å². The summed E-state index contributed by atoms with van der Waals surface area (Å²) in [6.07, 6.45) is 0. The van der Waals surface area contributed by atoms with Crippen LogP contribution in [0.15, 0.2) is 18.2 Å². The Morgan fingerprint density at radius 1 is 1.41 bits per heavy atom. The van der Waals surface area contributed by atoms with Gasteiger partial charge in [-0.2, -0.15) is 0 Å². The number of nitrogens with one attached hydrogen (secondary N) is 1. The number of aromatic hydroxyl groups is 2. The van der Waals surface area contributed by atoms with Crippen LogP contribution in [0.25, 0.3) is 0 Å². The summed E-state index contributed by atoms with van der Waals surface area (Å²) in [6.45, 7) is 3.99. The second-order valence-electron chi connectivity index (χ2n) is 4.15. The predicted molar refractivity (Wildman–Crippen MR) is 69.7 cm³/mol. The zero-order valence-corrected chi connectivity index (χ0v) is 11.4. The molecule has 0 bridgehead atoms. The van der Waals surface area contributed by atoms with Crippen molar-refractivity contribution in [2.24, 2.45) is 5.92 Å².